The standard InChI is InChI=1S/C36H48N3Si.3ClH.Ti/c1-23-24(2)26(4)36(25(23)3)40(33-20-14-17-30(27(33)5)37(8)9,34-21-15-18-31(28(34)6)38(10)11)35-22-16-19-32(29(35)7)39(12)13;;;;/h14-22H,1-13H3;3*1H;/q;;;;+3/p-3. The fourth-order valence-electron chi connectivity index (χ4n) is 7.55. The molecule has 0 bridgehead atoms. The molecule has 3 nitrogen and oxygen atoms in total. The Morgan fingerprint density at radius 2 is 0.727 bits per heavy atom. The van der Waals surface area contributed by atoms with Crippen LogP contribution in [0.3, 0.4) is 0 Å². The quantitative estimate of drug-likeness (QED) is 0.195. The third-order valence-corrected chi connectivity index (χ3v) is 18.8. The Bertz CT molecular complexity index is 1410. The molecule has 0 atom stereocenters. The van der Waals surface area contributed by atoms with E-state index in [4.69, 9.17) is 0 Å². The summed E-state index contributed by atoms with van der Waals surface area (Å²) in [4.78, 5) is 6.84. The Balaban J connectivity index is 0.00000323. The maximum atomic E-state index is 2.58. The van der Waals surface area contributed by atoms with E-state index in [9.17, 15) is 0 Å². The summed E-state index contributed by atoms with van der Waals surface area (Å²) in [6.07, 6.45) is 0. The van der Waals surface area contributed by atoms with E-state index < -0.39 is 8.07 Å². The molecule has 1 aliphatic carbocycles. The molecule has 0 aromatic heterocycles. The van der Waals surface area contributed by atoms with Crippen LogP contribution in [-0.4, -0.2) is 50.4 Å². The minimum Gasteiger partial charge on any atom is -1.00 e. The Labute approximate surface area is 298 Å². The van der Waals surface area contributed by atoms with Crippen LogP contribution >= 0.6 is 0 Å². The normalized spacial score (nSPS) is 14.1. The Kier molecular flexibility index (Phi) is 13.6. The Morgan fingerprint density at radius 1 is 0.477 bits per heavy atom. The zero-order chi connectivity index (χ0) is 30.6. The van der Waals surface area contributed by atoms with Crippen molar-refractivity contribution in [2.75, 3.05) is 57.0 Å². The fourth-order valence-corrected chi connectivity index (χ4v) is 16.7. The molecule has 4 rings (SSSR count). The van der Waals surface area contributed by atoms with Crippen molar-refractivity contribution in [3.63, 3.8) is 0 Å². The molecule has 0 aliphatic heterocycles. The molecule has 0 N–H and O–H groups in total. The molecule has 0 saturated heterocycles. The summed E-state index contributed by atoms with van der Waals surface area (Å²) < 4.78 is -0.164. The third kappa shape index (κ3) is 5.85. The van der Waals surface area contributed by atoms with Gasteiger partial charge in [0, 0.05) is 0 Å². The van der Waals surface area contributed by atoms with Crippen LogP contribution < -0.4 is 67.5 Å². The molecular formula is C36H48Cl3N3SiTi. The van der Waals surface area contributed by atoms with E-state index in [1.807, 2.05) is 0 Å². The predicted octanol–water partition coefficient (Wildman–Crippen LogP) is -2.78. The van der Waals surface area contributed by atoms with Crippen molar-refractivity contribution in [2.24, 2.45) is 0 Å². The zero-order valence-electron chi connectivity index (χ0n) is 28.7. The molecule has 236 valence electrons. The maximum absolute atomic E-state index is 2.89. The summed E-state index contributed by atoms with van der Waals surface area (Å²) in [6.45, 7) is 16.6. The van der Waals surface area contributed by atoms with Crippen molar-refractivity contribution in [3.8, 4) is 0 Å². The van der Waals surface area contributed by atoms with E-state index in [1.54, 1.807) is 0 Å². The smallest absolute Gasteiger partial charge is 1.00 e. The summed E-state index contributed by atoms with van der Waals surface area (Å²) in [5.74, 6) is 0. The molecule has 0 spiro atoms. The number of rotatable bonds is 7. The van der Waals surface area contributed by atoms with Crippen molar-refractivity contribution >= 4 is 40.7 Å². The van der Waals surface area contributed by atoms with E-state index in [0.717, 1.165) is 0 Å². The van der Waals surface area contributed by atoms with Crippen molar-refractivity contribution in [1.82, 2.24) is 0 Å². The molecule has 1 aliphatic rings. The van der Waals surface area contributed by atoms with Gasteiger partial charge in [-0.05, 0) is 0 Å². The van der Waals surface area contributed by atoms with Crippen molar-refractivity contribution < 1.29 is 57.7 Å². The number of nitrogens with zero attached hydrogens (tertiary/aromatic N) is 3. The van der Waals surface area contributed by atoms with Gasteiger partial charge in [0.2, 0.25) is 0 Å². The third-order valence-electron chi connectivity index (χ3n) is 9.95. The topological polar surface area (TPSA) is 9.72 Å². The first kappa shape index (κ1) is 40.4. The van der Waals surface area contributed by atoms with Crippen LogP contribution in [0.15, 0.2) is 76.9 Å². The first-order chi connectivity index (χ1) is 19.1. The largest absolute Gasteiger partial charge is 1.00 e. The van der Waals surface area contributed by atoms with Gasteiger partial charge >= 0.3 is 264 Å². The maximum Gasteiger partial charge on any atom is -1.00 e. The summed E-state index contributed by atoms with van der Waals surface area (Å²) in [7, 11) is 10.2. The SMILES string of the molecule is CC1=C(C)[C]([Ti+3])([Si](c2cccc(N(C)C)c2C)(c2cccc(N(C)C)c2C)c2cccc(N(C)C)c2C)C(C)=C1C.[Cl-].[Cl-].[Cl-]. The van der Waals surface area contributed by atoms with Crippen LogP contribution in [0.4, 0.5) is 17.1 Å². The van der Waals surface area contributed by atoms with Crippen molar-refractivity contribution in [2.45, 2.75) is 51.8 Å². The van der Waals surface area contributed by atoms with Gasteiger partial charge in [-0.2, -0.15) is 0 Å². The Hall–Kier alpha value is -1.66. The summed E-state index contributed by atoms with van der Waals surface area (Å²) in [6, 6.07) is 21.1. The van der Waals surface area contributed by atoms with Gasteiger partial charge < -0.3 is 37.2 Å². The molecule has 0 radical (unpaired) electrons. The Morgan fingerprint density at radius 3 is 0.955 bits per heavy atom. The number of anilines is 3. The van der Waals surface area contributed by atoms with Crippen LogP contribution in [0, 0.1) is 20.8 Å². The molecule has 8 heteroatoms. The molecule has 0 amide bonds. The number of halogens is 3. The molecule has 3 aromatic rings. The average molecular weight is 705 g/mol. The van der Waals surface area contributed by atoms with E-state index >= 15 is 0 Å². The number of benzene rings is 3. The van der Waals surface area contributed by atoms with Gasteiger partial charge in [0.05, 0.1) is 0 Å². The second-order valence-electron chi connectivity index (χ2n) is 12.5. The van der Waals surface area contributed by atoms with Crippen LogP contribution in [0.25, 0.3) is 0 Å². The van der Waals surface area contributed by atoms with E-state index in [1.165, 1.54) is 71.6 Å². The van der Waals surface area contributed by atoms with Gasteiger partial charge in [0.1, 0.15) is 0 Å². The monoisotopic (exact) mass is 703 g/mol. The van der Waals surface area contributed by atoms with Crippen LogP contribution in [-0.2, 0) is 20.4 Å². The number of allylic oxidation sites excluding steroid dienone is 4. The molecule has 0 heterocycles. The van der Waals surface area contributed by atoms with Crippen LogP contribution in [0.2, 0.25) is 3.34 Å². The average Bonchev–Trinajstić information content (AvgIpc) is 3.06. The number of hydrogen-bond acceptors (Lipinski definition) is 3. The van der Waals surface area contributed by atoms with Gasteiger partial charge in [-0.25, -0.2) is 0 Å². The second kappa shape index (κ2) is 14.8. The van der Waals surface area contributed by atoms with Gasteiger partial charge in [-0.1, -0.05) is 0 Å². The van der Waals surface area contributed by atoms with Crippen LogP contribution in [0.1, 0.15) is 44.4 Å². The van der Waals surface area contributed by atoms with Gasteiger partial charge in [0.15, 0.2) is 0 Å². The molecule has 3 aromatic carbocycles. The minimum atomic E-state index is -2.89. The van der Waals surface area contributed by atoms with E-state index in [0.29, 0.717) is 0 Å². The first-order valence-electron chi connectivity index (χ1n) is 14.6. The molecular weight excluding hydrogens is 657 g/mol. The van der Waals surface area contributed by atoms with Gasteiger partial charge in [0.25, 0.3) is 0 Å². The molecule has 44 heavy (non-hydrogen) atoms. The molecule has 0 saturated carbocycles. The van der Waals surface area contributed by atoms with Crippen LogP contribution in [0.5, 0.6) is 0 Å². The van der Waals surface area contributed by atoms with Gasteiger partial charge in [-0.3, -0.25) is 0 Å². The first-order valence-corrected chi connectivity index (χ1v) is 17.4. The second-order valence-corrected chi connectivity index (χ2v) is 18.4. The van der Waals surface area contributed by atoms with Crippen molar-refractivity contribution in [1.29, 1.82) is 0 Å². The molecule has 0 unspecified atom stereocenters. The summed E-state index contributed by atoms with van der Waals surface area (Å²) >= 11 is 2.58. The predicted molar refractivity (Wildman–Crippen MR) is 181 cm³/mol. The minimum absolute atomic E-state index is 0. The number of hydrogen-bond donors (Lipinski definition) is 0. The van der Waals surface area contributed by atoms with E-state index in [2.05, 4.69) is 180 Å². The molecule has 0 fully saturated rings. The fraction of sp³-hybridized carbons (Fsp3) is 0.389. The zero-order valence-corrected chi connectivity index (χ0v) is 33.5. The summed E-state index contributed by atoms with van der Waals surface area (Å²) in [5.41, 5.74) is 14.0. The van der Waals surface area contributed by atoms with Crippen molar-refractivity contribution in [3.05, 3.63) is 93.6 Å². The summed E-state index contributed by atoms with van der Waals surface area (Å²) in [5, 5.41) is 4.52. The van der Waals surface area contributed by atoms with Gasteiger partial charge in [-0.15, -0.1) is 0 Å². The van der Waals surface area contributed by atoms with E-state index in [-0.39, 0.29) is 40.6 Å².